The molecule has 0 unspecified atom stereocenters. The summed E-state index contributed by atoms with van der Waals surface area (Å²) in [5.74, 6) is -3.16. The molecule has 3 fully saturated rings. The van der Waals surface area contributed by atoms with E-state index in [9.17, 15) is 14.4 Å². The molecule has 5 rings (SSSR count). The lowest BCUT2D eigenvalue weighted by Gasteiger charge is -2.55. The first kappa shape index (κ1) is 23.8. The molecule has 2 spiro atoms. The second-order valence-electron chi connectivity index (χ2n) is 11.1. The average molecular weight is 475 g/mol. The Balaban J connectivity index is 1.66. The fourth-order valence-electron chi connectivity index (χ4n) is 6.89. The van der Waals surface area contributed by atoms with Crippen molar-refractivity contribution in [1.29, 1.82) is 0 Å². The van der Waals surface area contributed by atoms with Gasteiger partial charge in [-0.25, -0.2) is 0 Å². The molecule has 2 aromatic carbocycles. The lowest BCUT2D eigenvalue weighted by atomic mass is 9.55. The smallest absolute Gasteiger partial charge is 0.328 e. The Morgan fingerprint density at radius 1 is 0.771 bits per heavy atom. The number of ether oxygens (including phenoxy) is 2. The molecule has 4 atom stereocenters. The van der Waals surface area contributed by atoms with Gasteiger partial charge >= 0.3 is 11.9 Å². The van der Waals surface area contributed by atoms with Gasteiger partial charge in [0.1, 0.15) is 5.78 Å². The quantitative estimate of drug-likeness (QED) is 0.416. The maximum atomic E-state index is 14.4. The van der Waals surface area contributed by atoms with Gasteiger partial charge in [-0.2, -0.15) is 0 Å². The number of Topliss-reactive ketones (excluding diaryl/α,β-unsaturated/α-hetero) is 1. The molecule has 3 aliphatic rings. The maximum Gasteiger partial charge on any atom is 0.328 e. The van der Waals surface area contributed by atoms with Crippen LogP contribution in [0, 0.1) is 23.2 Å². The fraction of sp³-hybridized carbons (Fsp3) is 0.500. The minimum Gasteiger partial charge on any atom is -0.421 e. The Hall–Kier alpha value is -2.95. The topological polar surface area (TPSA) is 69.7 Å². The van der Waals surface area contributed by atoms with Gasteiger partial charge < -0.3 is 9.47 Å². The molecule has 5 nitrogen and oxygen atoms in total. The summed E-state index contributed by atoms with van der Waals surface area (Å²) in [6, 6.07) is 18.8. The van der Waals surface area contributed by atoms with Crippen LogP contribution in [-0.4, -0.2) is 23.5 Å². The highest BCUT2D eigenvalue weighted by atomic mass is 16.7. The van der Waals surface area contributed by atoms with E-state index in [1.165, 1.54) is 0 Å². The van der Waals surface area contributed by atoms with Crippen LogP contribution < -0.4 is 0 Å². The van der Waals surface area contributed by atoms with Crippen molar-refractivity contribution in [1.82, 2.24) is 0 Å². The van der Waals surface area contributed by atoms with Crippen LogP contribution in [0.25, 0.3) is 0 Å². The predicted molar refractivity (Wildman–Crippen MR) is 131 cm³/mol. The van der Waals surface area contributed by atoms with E-state index in [0.29, 0.717) is 6.42 Å². The Morgan fingerprint density at radius 2 is 1.26 bits per heavy atom. The zero-order valence-corrected chi connectivity index (χ0v) is 20.7. The number of rotatable bonds is 3. The Kier molecular flexibility index (Phi) is 6.06. The third-order valence-corrected chi connectivity index (χ3v) is 8.55. The van der Waals surface area contributed by atoms with Crippen LogP contribution in [-0.2, 0) is 23.9 Å². The molecular weight excluding hydrogens is 440 g/mol. The van der Waals surface area contributed by atoms with Crippen LogP contribution in [0.15, 0.2) is 60.7 Å². The van der Waals surface area contributed by atoms with Gasteiger partial charge in [0.05, 0.1) is 0 Å². The summed E-state index contributed by atoms with van der Waals surface area (Å²) in [7, 11) is 0. The molecular formula is C30H34O5. The van der Waals surface area contributed by atoms with Crippen LogP contribution >= 0.6 is 0 Å². The van der Waals surface area contributed by atoms with E-state index in [2.05, 4.69) is 20.8 Å². The van der Waals surface area contributed by atoms with E-state index in [4.69, 9.17) is 9.47 Å². The Morgan fingerprint density at radius 3 is 1.71 bits per heavy atom. The zero-order chi connectivity index (χ0) is 24.8. The molecule has 35 heavy (non-hydrogen) atoms. The first-order valence-electron chi connectivity index (χ1n) is 12.9. The molecule has 184 valence electrons. The molecule has 2 aromatic rings. The number of carbonyl (C=O) groups is 3. The van der Waals surface area contributed by atoms with E-state index >= 15 is 0 Å². The van der Waals surface area contributed by atoms with Crippen molar-refractivity contribution in [2.45, 2.75) is 70.5 Å². The summed E-state index contributed by atoms with van der Waals surface area (Å²) >= 11 is 0. The minimum atomic E-state index is -1.61. The van der Waals surface area contributed by atoms with Crippen LogP contribution in [0.4, 0.5) is 0 Å². The summed E-state index contributed by atoms with van der Waals surface area (Å²) in [6.07, 6.45) is 2.57. The average Bonchev–Trinajstić information content (AvgIpc) is 2.83. The Bertz CT molecular complexity index is 1030. The van der Waals surface area contributed by atoms with E-state index < -0.39 is 35.0 Å². The van der Waals surface area contributed by atoms with Crippen molar-refractivity contribution < 1.29 is 23.9 Å². The summed E-state index contributed by atoms with van der Waals surface area (Å²) in [6.45, 7) is 6.30. The summed E-state index contributed by atoms with van der Waals surface area (Å²) in [5, 5.41) is 0. The molecule has 1 heterocycles. The molecule has 5 heteroatoms. The third-order valence-electron chi connectivity index (χ3n) is 8.55. The van der Waals surface area contributed by atoms with Gasteiger partial charge in [0, 0.05) is 37.0 Å². The molecule has 2 aliphatic carbocycles. The molecule has 0 radical (unpaired) electrons. The highest BCUT2D eigenvalue weighted by Gasteiger charge is 2.70. The normalized spacial score (nSPS) is 35.3. The number of carbonyl (C=O) groups excluding carboxylic acids is 3. The molecule has 1 aliphatic heterocycles. The van der Waals surface area contributed by atoms with Crippen LogP contribution in [0.5, 0.6) is 0 Å². The van der Waals surface area contributed by atoms with Crippen LogP contribution in [0.1, 0.15) is 75.8 Å². The molecule has 0 amide bonds. The van der Waals surface area contributed by atoms with Crippen molar-refractivity contribution >= 4 is 17.7 Å². The van der Waals surface area contributed by atoms with E-state index in [1.54, 1.807) is 0 Å². The molecule has 0 aromatic heterocycles. The largest absolute Gasteiger partial charge is 0.421 e. The lowest BCUT2D eigenvalue weighted by molar-refractivity contribution is -0.300. The van der Waals surface area contributed by atoms with Crippen LogP contribution in [0.2, 0.25) is 0 Å². The molecule has 0 N–H and O–H groups in total. The molecule has 2 saturated carbocycles. The zero-order valence-electron chi connectivity index (χ0n) is 20.7. The van der Waals surface area contributed by atoms with E-state index in [1.807, 2.05) is 60.7 Å². The predicted octanol–water partition coefficient (Wildman–Crippen LogP) is 5.79. The van der Waals surface area contributed by atoms with Crippen molar-refractivity contribution in [2.24, 2.45) is 23.2 Å². The van der Waals surface area contributed by atoms with Crippen molar-refractivity contribution in [3.8, 4) is 0 Å². The molecule has 1 saturated heterocycles. The summed E-state index contributed by atoms with van der Waals surface area (Å²) in [5.41, 5.74) is -0.0446. The van der Waals surface area contributed by atoms with Gasteiger partial charge in [0.2, 0.25) is 0 Å². The number of benzene rings is 2. The lowest BCUT2D eigenvalue weighted by Crippen LogP contribution is -2.65. The second kappa shape index (κ2) is 8.92. The first-order chi connectivity index (χ1) is 16.8. The monoisotopic (exact) mass is 474 g/mol. The maximum absolute atomic E-state index is 14.4. The molecule has 0 bridgehead atoms. The van der Waals surface area contributed by atoms with Crippen molar-refractivity contribution in [3.05, 3.63) is 71.8 Å². The third kappa shape index (κ3) is 3.80. The second-order valence-corrected chi connectivity index (χ2v) is 11.1. The number of ketones is 1. The standard InChI is InChI=1S/C30H34O5/c1-19(2)24-15-14-20(3)18-29(24)34-27(32)30(28(33)35-29)25(21-10-6-4-7-11-21)16-23(31)17-26(30)22-12-8-5-9-13-22/h4-13,19-20,24-26H,14-18H2,1-3H3/t20-,24+,25-,26+,29?,30?/m1/s1. The van der Waals surface area contributed by atoms with Gasteiger partial charge in [-0.1, -0.05) is 81.4 Å². The first-order valence-corrected chi connectivity index (χ1v) is 12.9. The van der Waals surface area contributed by atoms with Crippen molar-refractivity contribution in [3.63, 3.8) is 0 Å². The fourth-order valence-corrected chi connectivity index (χ4v) is 6.89. The Labute approximate surface area is 207 Å². The summed E-state index contributed by atoms with van der Waals surface area (Å²) in [4.78, 5) is 41.8. The van der Waals surface area contributed by atoms with Gasteiger partial charge in [-0.15, -0.1) is 0 Å². The highest BCUT2D eigenvalue weighted by Crippen LogP contribution is 2.60. The minimum absolute atomic E-state index is 0.0329. The number of hydrogen-bond acceptors (Lipinski definition) is 5. The van der Waals surface area contributed by atoms with Crippen LogP contribution in [0.3, 0.4) is 0 Å². The van der Waals surface area contributed by atoms with Gasteiger partial charge in [-0.05, 0) is 35.8 Å². The van der Waals surface area contributed by atoms with Crippen molar-refractivity contribution in [2.75, 3.05) is 0 Å². The van der Waals surface area contributed by atoms with Gasteiger partial charge in [0.25, 0.3) is 5.79 Å². The number of esters is 2. The van der Waals surface area contributed by atoms with Gasteiger partial charge in [-0.3, -0.25) is 14.4 Å². The SMILES string of the molecule is CC(C)[C@@H]1CC[C@@H](C)CC12OC(=O)C1(C(=O)O2)[C@@H](c2ccccc2)CC(=O)C[C@H]1c1ccccc1. The highest BCUT2D eigenvalue weighted by molar-refractivity contribution is 6.06. The number of hydrogen-bond donors (Lipinski definition) is 0. The van der Waals surface area contributed by atoms with E-state index in [-0.39, 0.29) is 36.4 Å². The summed E-state index contributed by atoms with van der Waals surface area (Å²) < 4.78 is 12.7. The van der Waals surface area contributed by atoms with E-state index in [0.717, 1.165) is 24.0 Å². The van der Waals surface area contributed by atoms with Gasteiger partial charge in [0.15, 0.2) is 5.41 Å².